The molecule has 0 fully saturated rings. The zero-order valence-corrected chi connectivity index (χ0v) is 13.2. The van der Waals surface area contributed by atoms with Crippen molar-refractivity contribution in [1.82, 2.24) is 0 Å². The number of carbonyl (C=O) groups is 1. The van der Waals surface area contributed by atoms with Gasteiger partial charge in [0.1, 0.15) is 5.75 Å². The summed E-state index contributed by atoms with van der Waals surface area (Å²) in [7, 11) is 0. The zero-order valence-electron chi connectivity index (χ0n) is 11.6. The highest BCUT2D eigenvalue weighted by atomic mass is 79.9. The lowest BCUT2D eigenvalue weighted by Gasteiger charge is -2.09. The molecule has 0 bridgehead atoms. The van der Waals surface area contributed by atoms with Crippen LogP contribution < -0.4 is 4.74 Å². The van der Waals surface area contributed by atoms with Crippen LogP contribution in [0.3, 0.4) is 0 Å². The predicted octanol–water partition coefficient (Wildman–Crippen LogP) is 4.43. The first kappa shape index (κ1) is 15.3. The van der Waals surface area contributed by atoms with Crippen LogP contribution in [0.1, 0.15) is 12.5 Å². The van der Waals surface area contributed by atoms with Crippen molar-refractivity contribution in [3.8, 4) is 5.75 Å². The summed E-state index contributed by atoms with van der Waals surface area (Å²) in [6.07, 6.45) is 1.66. The van der Waals surface area contributed by atoms with Crippen molar-refractivity contribution in [2.75, 3.05) is 6.61 Å². The number of hydrogen-bond donors (Lipinski definition) is 0. The van der Waals surface area contributed by atoms with Gasteiger partial charge in [0, 0.05) is 4.47 Å². The smallest absolute Gasteiger partial charge is 0.374 e. The molecule has 0 N–H and O–H groups in total. The zero-order chi connectivity index (χ0) is 15.1. The quantitative estimate of drug-likeness (QED) is 0.456. The van der Waals surface area contributed by atoms with Crippen molar-refractivity contribution in [1.29, 1.82) is 0 Å². The van der Waals surface area contributed by atoms with Crippen LogP contribution in [0.25, 0.3) is 6.08 Å². The van der Waals surface area contributed by atoms with Crippen LogP contribution in [0.4, 0.5) is 0 Å². The van der Waals surface area contributed by atoms with Crippen LogP contribution in [0.5, 0.6) is 5.75 Å². The highest BCUT2D eigenvalue weighted by molar-refractivity contribution is 9.10. The molecule has 0 heterocycles. The van der Waals surface area contributed by atoms with Crippen molar-refractivity contribution in [3.63, 3.8) is 0 Å². The standard InChI is InChI=1S/C17H15BrO3/c1-2-20-17(19)16(21-15-6-4-3-5-7-15)12-13-8-10-14(18)11-9-13/h3-12H,2H2,1H3/b16-12-. The molecule has 2 aromatic carbocycles. The molecule has 0 spiro atoms. The van der Waals surface area contributed by atoms with E-state index >= 15 is 0 Å². The summed E-state index contributed by atoms with van der Waals surface area (Å²) in [6, 6.07) is 16.7. The number of carbonyl (C=O) groups excluding carboxylic acids is 1. The van der Waals surface area contributed by atoms with Gasteiger partial charge in [-0.25, -0.2) is 4.79 Å². The van der Waals surface area contributed by atoms with E-state index in [1.165, 1.54) is 0 Å². The monoisotopic (exact) mass is 346 g/mol. The van der Waals surface area contributed by atoms with Gasteiger partial charge in [0.25, 0.3) is 0 Å². The summed E-state index contributed by atoms with van der Waals surface area (Å²) < 4.78 is 11.6. The van der Waals surface area contributed by atoms with E-state index in [2.05, 4.69) is 15.9 Å². The van der Waals surface area contributed by atoms with Crippen molar-refractivity contribution >= 4 is 28.0 Å². The summed E-state index contributed by atoms with van der Waals surface area (Å²) in [6.45, 7) is 2.06. The van der Waals surface area contributed by atoms with Crippen LogP contribution in [0.2, 0.25) is 0 Å². The van der Waals surface area contributed by atoms with Gasteiger partial charge in [0.2, 0.25) is 5.76 Å². The normalized spacial score (nSPS) is 11.0. The molecule has 21 heavy (non-hydrogen) atoms. The molecule has 2 rings (SSSR count). The first-order chi connectivity index (χ1) is 10.2. The fourth-order valence-corrected chi connectivity index (χ4v) is 1.92. The largest absolute Gasteiger partial charge is 0.460 e. The molecule has 0 aliphatic carbocycles. The van der Waals surface area contributed by atoms with Gasteiger partial charge >= 0.3 is 5.97 Å². The van der Waals surface area contributed by atoms with Crippen molar-refractivity contribution in [2.45, 2.75) is 6.92 Å². The lowest BCUT2D eigenvalue weighted by Crippen LogP contribution is -2.12. The van der Waals surface area contributed by atoms with Crippen LogP contribution >= 0.6 is 15.9 Å². The van der Waals surface area contributed by atoms with Gasteiger partial charge in [-0.15, -0.1) is 0 Å². The van der Waals surface area contributed by atoms with Crippen molar-refractivity contribution < 1.29 is 14.3 Å². The predicted molar refractivity (Wildman–Crippen MR) is 85.8 cm³/mol. The number of ether oxygens (including phenoxy) is 2. The number of hydrogen-bond acceptors (Lipinski definition) is 3. The Morgan fingerprint density at radius 2 is 1.76 bits per heavy atom. The summed E-state index contributed by atoms with van der Waals surface area (Å²) in [5, 5.41) is 0. The summed E-state index contributed by atoms with van der Waals surface area (Å²) in [5.74, 6) is 0.267. The lowest BCUT2D eigenvalue weighted by atomic mass is 10.2. The van der Waals surface area contributed by atoms with Crippen LogP contribution in [-0.2, 0) is 9.53 Å². The second kappa shape index (κ2) is 7.64. The SMILES string of the molecule is CCOC(=O)/C(=C/c1ccc(Br)cc1)Oc1ccccc1. The van der Waals surface area contributed by atoms with E-state index < -0.39 is 5.97 Å². The second-order valence-electron chi connectivity index (χ2n) is 4.20. The van der Waals surface area contributed by atoms with Gasteiger partial charge in [-0.05, 0) is 42.8 Å². The Kier molecular flexibility index (Phi) is 5.58. The molecule has 0 aromatic heterocycles. The molecule has 108 valence electrons. The number of benzene rings is 2. The third-order valence-electron chi connectivity index (χ3n) is 2.62. The molecule has 3 nitrogen and oxygen atoms in total. The van der Waals surface area contributed by atoms with Crippen molar-refractivity contribution in [3.05, 3.63) is 70.4 Å². The first-order valence-corrected chi connectivity index (χ1v) is 7.35. The third kappa shape index (κ3) is 4.76. The minimum absolute atomic E-state index is 0.158. The summed E-state index contributed by atoms with van der Waals surface area (Å²) >= 11 is 3.38. The van der Waals surface area contributed by atoms with E-state index in [9.17, 15) is 4.79 Å². The topological polar surface area (TPSA) is 35.5 Å². The number of rotatable bonds is 5. The van der Waals surface area contributed by atoms with Crippen molar-refractivity contribution in [2.24, 2.45) is 0 Å². The molecule has 0 saturated carbocycles. The third-order valence-corrected chi connectivity index (χ3v) is 3.14. The van der Waals surface area contributed by atoms with Crippen LogP contribution in [-0.4, -0.2) is 12.6 Å². The maximum Gasteiger partial charge on any atom is 0.374 e. The molecule has 0 aliphatic heterocycles. The number of halogens is 1. The maximum atomic E-state index is 12.0. The highest BCUT2D eigenvalue weighted by Gasteiger charge is 2.13. The van der Waals surface area contributed by atoms with Gasteiger partial charge in [-0.3, -0.25) is 0 Å². The first-order valence-electron chi connectivity index (χ1n) is 6.56. The maximum absolute atomic E-state index is 12.0. The Bertz CT molecular complexity index is 618. The fraction of sp³-hybridized carbons (Fsp3) is 0.118. The molecule has 0 amide bonds. The molecule has 0 aliphatic rings. The number of para-hydroxylation sites is 1. The molecular weight excluding hydrogens is 332 g/mol. The lowest BCUT2D eigenvalue weighted by molar-refractivity contribution is -0.140. The summed E-state index contributed by atoms with van der Waals surface area (Å²) in [4.78, 5) is 12.0. The second-order valence-corrected chi connectivity index (χ2v) is 5.11. The Labute approximate surface area is 132 Å². The Morgan fingerprint density at radius 3 is 2.38 bits per heavy atom. The molecule has 2 aromatic rings. The van der Waals surface area contributed by atoms with E-state index in [1.54, 1.807) is 25.1 Å². The molecule has 0 radical (unpaired) electrons. The molecule has 0 saturated heterocycles. The molecule has 0 unspecified atom stereocenters. The highest BCUT2D eigenvalue weighted by Crippen LogP contribution is 2.18. The average molecular weight is 347 g/mol. The van der Waals surface area contributed by atoms with E-state index in [0.717, 1.165) is 10.0 Å². The van der Waals surface area contributed by atoms with Gasteiger partial charge in [-0.1, -0.05) is 46.3 Å². The Balaban J connectivity index is 2.27. The van der Waals surface area contributed by atoms with Gasteiger partial charge < -0.3 is 9.47 Å². The van der Waals surface area contributed by atoms with E-state index in [4.69, 9.17) is 9.47 Å². The minimum atomic E-state index is -0.482. The minimum Gasteiger partial charge on any atom is -0.460 e. The van der Waals surface area contributed by atoms with Crippen LogP contribution in [0, 0.1) is 0 Å². The van der Waals surface area contributed by atoms with Gasteiger partial charge in [0.15, 0.2) is 0 Å². The molecular formula is C17H15BrO3. The summed E-state index contributed by atoms with van der Waals surface area (Å²) in [5.41, 5.74) is 0.859. The molecule has 0 atom stereocenters. The fourth-order valence-electron chi connectivity index (χ4n) is 1.66. The van der Waals surface area contributed by atoms with Gasteiger partial charge in [0.05, 0.1) is 6.61 Å². The van der Waals surface area contributed by atoms with Crippen LogP contribution in [0.15, 0.2) is 64.8 Å². The number of esters is 1. The van der Waals surface area contributed by atoms with E-state index in [0.29, 0.717) is 12.4 Å². The Hall–Kier alpha value is -2.07. The molecule has 4 heteroatoms. The van der Waals surface area contributed by atoms with E-state index in [-0.39, 0.29) is 5.76 Å². The van der Waals surface area contributed by atoms with E-state index in [1.807, 2.05) is 42.5 Å². The Morgan fingerprint density at radius 1 is 1.10 bits per heavy atom. The average Bonchev–Trinajstić information content (AvgIpc) is 2.50. The van der Waals surface area contributed by atoms with Gasteiger partial charge in [-0.2, -0.15) is 0 Å².